The third-order valence-electron chi connectivity index (χ3n) is 6.01. The smallest absolute Gasteiger partial charge is 0.245 e. The summed E-state index contributed by atoms with van der Waals surface area (Å²) in [6.07, 6.45) is 6.42. The Kier molecular flexibility index (Phi) is 5.33. The Hall–Kier alpha value is -2.78. The molecular weight excluding hydrogens is 409 g/mol. The number of phenolic OH excluding ortho intramolecular Hbond substituents is 1. The molecule has 0 aliphatic carbocycles. The SMILES string of the molecule is CN1CCC2(CC1)CN(c1ncc(-c3ccc(-n4cc(F)cn4)cc3O)nn1)C2.Cl. The van der Waals surface area contributed by atoms with Crippen LogP contribution in [0.2, 0.25) is 0 Å². The number of hydrogen-bond donors (Lipinski definition) is 1. The van der Waals surface area contributed by atoms with E-state index in [1.807, 2.05) is 0 Å². The van der Waals surface area contributed by atoms with Gasteiger partial charge < -0.3 is 14.9 Å². The molecular formula is C20H23ClFN7O. The zero-order valence-electron chi connectivity index (χ0n) is 16.6. The molecule has 158 valence electrons. The molecule has 4 heterocycles. The van der Waals surface area contributed by atoms with Crippen molar-refractivity contribution in [1.29, 1.82) is 0 Å². The van der Waals surface area contributed by atoms with Gasteiger partial charge in [-0.05, 0) is 45.1 Å². The number of phenols is 1. The molecule has 30 heavy (non-hydrogen) atoms. The minimum atomic E-state index is -0.438. The molecule has 0 bridgehead atoms. The number of aromatic nitrogens is 5. The predicted molar refractivity (Wildman–Crippen MR) is 113 cm³/mol. The molecule has 1 spiro atoms. The number of likely N-dealkylation sites (tertiary alicyclic amines) is 1. The van der Waals surface area contributed by atoms with Crippen molar-refractivity contribution in [2.75, 3.05) is 38.1 Å². The molecule has 2 aromatic heterocycles. The van der Waals surface area contributed by atoms with Gasteiger partial charge in [0.15, 0.2) is 5.82 Å². The maximum atomic E-state index is 13.2. The number of piperidine rings is 1. The van der Waals surface area contributed by atoms with Gasteiger partial charge >= 0.3 is 0 Å². The molecule has 10 heteroatoms. The monoisotopic (exact) mass is 431 g/mol. The summed E-state index contributed by atoms with van der Waals surface area (Å²) in [4.78, 5) is 9.00. The summed E-state index contributed by atoms with van der Waals surface area (Å²) in [6, 6.07) is 4.94. The van der Waals surface area contributed by atoms with Crippen LogP contribution in [0.15, 0.2) is 36.8 Å². The Morgan fingerprint density at radius 3 is 2.47 bits per heavy atom. The maximum Gasteiger partial charge on any atom is 0.245 e. The zero-order chi connectivity index (χ0) is 20.0. The van der Waals surface area contributed by atoms with Crippen LogP contribution in [0.3, 0.4) is 0 Å². The molecule has 0 unspecified atom stereocenters. The Morgan fingerprint density at radius 1 is 1.10 bits per heavy atom. The maximum absolute atomic E-state index is 13.2. The first-order chi connectivity index (χ1) is 14.0. The summed E-state index contributed by atoms with van der Waals surface area (Å²) in [5, 5.41) is 22.8. The lowest BCUT2D eigenvalue weighted by molar-refractivity contribution is 0.0893. The summed E-state index contributed by atoms with van der Waals surface area (Å²) in [5.74, 6) is 0.199. The quantitative estimate of drug-likeness (QED) is 0.682. The summed E-state index contributed by atoms with van der Waals surface area (Å²) in [6.45, 7) is 4.24. The number of nitrogens with zero attached hydrogens (tertiary/aromatic N) is 7. The average molecular weight is 432 g/mol. The lowest BCUT2D eigenvalue weighted by Gasteiger charge is -2.53. The molecule has 0 amide bonds. The fourth-order valence-corrected chi connectivity index (χ4v) is 4.17. The number of hydrogen-bond acceptors (Lipinski definition) is 7. The van der Waals surface area contributed by atoms with Crippen LogP contribution in [0.4, 0.5) is 10.3 Å². The fourth-order valence-electron chi connectivity index (χ4n) is 4.17. The standard InChI is InChI=1S/C20H22FN7O.ClH/c1-26-6-4-20(5-7-26)12-27(13-20)19-22-10-17(24-25-19)16-3-2-15(8-18(16)29)28-11-14(21)9-23-28;/h2-3,8-11,29H,4-7,12-13H2,1H3;1H. The third kappa shape index (κ3) is 3.70. The second-order valence-corrected chi connectivity index (χ2v) is 8.11. The van der Waals surface area contributed by atoms with Crippen molar-refractivity contribution in [3.8, 4) is 22.7 Å². The normalized spacial score (nSPS) is 18.1. The number of rotatable bonds is 3. The van der Waals surface area contributed by atoms with E-state index in [-0.39, 0.29) is 18.2 Å². The van der Waals surface area contributed by atoms with Crippen molar-refractivity contribution in [3.63, 3.8) is 0 Å². The average Bonchev–Trinajstić information content (AvgIpc) is 3.14. The zero-order valence-corrected chi connectivity index (χ0v) is 17.4. The molecule has 0 atom stereocenters. The van der Waals surface area contributed by atoms with E-state index in [4.69, 9.17) is 0 Å². The Balaban J connectivity index is 0.00000218. The highest BCUT2D eigenvalue weighted by molar-refractivity contribution is 5.85. The van der Waals surface area contributed by atoms with Gasteiger partial charge in [-0.25, -0.2) is 14.1 Å². The number of aromatic hydroxyl groups is 1. The molecule has 2 fully saturated rings. The van der Waals surface area contributed by atoms with Crippen molar-refractivity contribution in [3.05, 3.63) is 42.6 Å². The highest BCUT2D eigenvalue weighted by atomic mass is 35.5. The summed E-state index contributed by atoms with van der Waals surface area (Å²) in [7, 11) is 2.17. The van der Waals surface area contributed by atoms with Gasteiger partial charge in [-0.15, -0.1) is 22.6 Å². The Bertz CT molecular complexity index is 1030. The van der Waals surface area contributed by atoms with Crippen molar-refractivity contribution in [2.45, 2.75) is 12.8 Å². The molecule has 1 aromatic carbocycles. The predicted octanol–water partition coefficient (Wildman–Crippen LogP) is 2.52. The van der Waals surface area contributed by atoms with Crippen molar-refractivity contribution >= 4 is 18.4 Å². The van der Waals surface area contributed by atoms with Crippen LogP contribution in [0.25, 0.3) is 16.9 Å². The molecule has 2 aliphatic rings. The number of anilines is 1. The lowest BCUT2D eigenvalue weighted by Crippen LogP contribution is -2.60. The van der Waals surface area contributed by atoms with E-state index in [1.54, 1.807) is 18.3 Å². The minimum Gasteiger partial charge on any atom is -0.507 e. The highest BCUT2D eigenvalue weighted by Gasteiger charge is 2.45. The van der Waals surface area contributed by atoms with Crippen LogP contribution in [-0.4, -0.2) is 68.2 Å². The molecule has 5 rings (SSSR count). The number of halogens is 2. The van der Waals surface area contributed by atoms with Gasteiger partial charge in [0.2, 0.25) is 5.95 Å². The van der Waals surface area contributed by atoms with Crippen molar-refractivity contribution < 1.29 is 9.50 Å². The summed E-state index contributed by atoms with van der Waals surface area (Å²) < 4.78 is 14.5. The summed E-state index contributed by atoms with van der Waals surface area (Å²) >= 11 is 0. The first-order valence-electron chi connectivity index (χ1n) is 9.69. The molecule has 2 saturated heterocycles. The molecule has 0 radical (unpaired) electrons. The largest absolute Gasteiger partial charge is 0.507 e. The van der Waals surface area contributed by atoms with Crippen LogP contribution >= 0.6 is 12.4 Å². The second-order valence-electron chi connectivity index (χ2n) is 8.11. The van der Waals surface area contributed by atoms with E-state index >= 15 is 0 Å². The van der Waals surface area contributed by atoms with E-state index in [0.717, 1.165) is 32.4 Å². The first-order valence-corrected chi connectivity index (χ1v) is 9.69. The fraction of sp³-hybridized carbons (Fsp3) is 0.400. The van der Waals surface area contributed by atoms with Gasteiger partial charge in [-0.3, -0.25) is 0 Å². The Morgan fingerprint density at radius 2 is 1.87 bits per heavy atom. The minimum absolute atomic E-state index is 0. The van der Waals surface area contributed by atoms with E-state index in [9.17, 15) is 9.50 Å². The highest BCUT2D eigenvalue weighted by Crippen LogP contribution is 2.41. The van der Waals surface area contributed by atoms with Crippen LogP contribution in [0.1, 0.15) is 12.8 Å². The van der Waals surface area contributed by atoms with Crippen LogP contribution in [0, 0.1) is 11.2 Å². The first kappa shape index (κ1) is 20.5. The molecule has 2 aliphatic heterocycles. The molecule has 0 saturated carbocycles. The van der Waals surface area contributed by atoms with Gasteiger partial charge in [0.25, 0.3) is 0 Å². The van der Waals surface area contributed by atoms with E-state index in [2.05, 4.69) is 37.1 Å². The lowest BCUT2D eigenvalue weighted by atomic mass is 9.72. The van der Waals surface area contributed by atoms with Crippen LogP contribution in [-0.2, 0) is 0 Å². The van der Waals surface area contributed by atoms with Crippen LogP contribution < -0.4 is 4.90 Å². The molecule has 3 aromatic rings. The van der Waals surface area contributed by atoms with E-state index in [0.29, 0.717) is 28.3 Å². The van der Waals surface area contributed by atoms with Gasteiger partial charge in [0.05, 0.1) is 24.3 Å². The third-order valence-corrected chi connectivity index (χ3v) is 6.01. The number of benzene rings is 1. The van der Waals surface area contributed by atoms with Crippen molar-refractivity contribution in [1.82, 2.24) is 29.9 Å². The molecule has 8 nitrogen and oxygen atoms in total. The van der Waals surface area contributed by atoms with Gasteiger partial charge in [-0.1, -0.05) is 0 Å². The second kappa shape index (κ2) is 7.81. The van der Waals surface area contributed by atoms with E-state index in [1.165, 1.54) is 29.8 Å². The van der Waals surface area contributed by atoms with E-state index < -0.39 is 5.82 Å². The van der Waals surface area contributed by atoms with Gasteiger partial charge in [0, 0.05) is 30.1 Å². The van der Waals surface area contributed by atoms with Gasteiger partial charge in [0.1, 0.15) is 11.4 Å². The summed E-state index contributed by atoms with van der Waals surface area (Å²) in [5.41, 5.74) is 1.95. The molecule has 1 N–H and O–H groups in total. The Labute approximate surface area is 179 Å². The van der Waals surface area contributed by atoms with Gasteiger partial charge in [-0.2, -0.15) is 5.10 Å². The van der Waals surface area contributed by atoms with Crippen molar-refractivity contribution in [2.24, 2.45) is 5.41 Å². The topological polar surface area (TPSA) is 83.2 Å². The van der Waals surface area contributed by atoms with Crippen LogP contribution in [0.5, 0.6) is 5.75 Å².